The normalized spacial score (nSPS) is 10.7. The number of hydrogen-bond donors (Lipinski definition) is 0. The summed E-state index contributed by atoms with van der Waals surface area (Å²) in [6, 6.07) is 13.4. The number of unbranched alkanes of at least 4 members (excludes halogenated alkanes) is 12. The molecule has 0 bridgehead atoms. The average Bonchev–Trinajstić information content (AvgIpc) is 3.19. The standard InChI is InChI=1S/C46H56F2O10/c1-33(2)43(49)55-29-17-13-9-5-7-11-15-27-53-37-23-25-39(41(47)31-37)45(51)57-35-19-21-36(22-20-35)58-46(52)40-26-24-38(32-42(40)48)54-28-16-12-8-6-10-14-18-30-56-44(50)34(3)4/h19-26,31-32H,1,3,5-18,27-30H2,2,4H3. The maximum Gasteiger partial charge on any atom is 0.346 e. The van der Waals surface area contributed by atoms with Crippen LogP contribution in [0.1, 0.15) is 124 Å². The molecule has 0 saturated heterocycles. The molecule has 0 N–H and O–H groups in total. The highest BCUT2D eigenvalue weighted by Crippen LogP contribution is 2.24. The van der Waals surface area contributed by atoms with Crippen molar-refractivity contribution in [3.8, 4) is 23.0 Å². The van der Waals surface area contributed by atoms with Gasteiger partial charge >= 0.3 is 23.9 Å². The highest BCUT2D eigenvalue weighted by atomic mass is 19.1. The van der Waals surface area contributed by atoms with Crippen molar-refractivity contribution >= 4 is 23.9 Å². The predicted octanol–water partition coefficient (Wildman–Crippen LogP) is 10.9. The first-order chi connectivity index (χ1) is 27.9. The molecule has 3 aromatic carbocycles. The third-order valence-electron chi connectivity index (χ3n) is 8.84. The fraction of sp³-hybridized carbons (Fsp3) is 0.435. The van der Waals surface area contributed by atoms with Gasteiger partial charge in [-0.2, -0.15) is 0 Å². The van der Waals surface area contributed by atoms with Crippen LogP contribution >= 0.6 is 0 Å². The van der Waals surface area contributed by atoms with Crippen molar-refractivity contribution in [1.82, 2.24) is 0 Å². The van der Waals surface area contributed by atoms with Crippen LogP contribution in [0.5, 0.6) is 23.0 Å². The quantitative estimate of drug-likeness (QED) is 0.0303. The molecule has 0 heterocycles. The molecule has 0 unspecified atom stereocenters. The van der Waals surface area contributed by atoms with E-state index in [1.54, 1.807) is 13.8 Å². The summed E-state index contributed by atoms with van der Waals surface area (Å²) in [4.78, 5) is 48.1. The van der Waals surface area contributed by atoms with E-state index in [0.29, 0.717) is 49.1 Å². The smallest absolute Gasteiger partial charge is 0.346 e. The zero-order valence-electron chi connectivity index (χ0n) is 33.8. The molecule has 0 atom stereocenters. The van der Waals surface area contributed by atoms with E-state index in [0.717, 1.165) is 102 Å². The summed E-state index contributed by atoms with van der Waals surface area (Å²) in [7, 11) is 0. The van der Waals surface area contributed by atoms with Crippen LogP contribution < -0.4 is 18.9 Å². The van der Waals surface area contributed by atoms with Gasteiger partial charge in [-0.1, -0.05) is 77.4 Å². The van der Waals surface area contributed by atoms with Gasteiger partial charge in [-0.15, -0.1) is 0 Å². The molecule has 10 nitrogen and oxygen atoms in total. The Kier molecular flexibility index (Phi) is 21.3. The number of ether oxygens (including phenoxy) is 6. The van der Waals surface area contributed by atoms with Crippen molar-refractivity contribution in [3.05, 3.63) is 108 Å². The molecular weight excluding hydrogens is 750 g/mol. The fourth-order valence-electron chi connectivity index (χ4n) is 5.53. The molecule has 12 heteroatoms. The largest absolute Gasteiger partial charge is 0.493 e. The van der Waals surface area contributed by atoms with Gasteiger partial charge in [0.15, 0.2) is 0 Å². The first kappa shape index (κ1) is 46.9. The Morgan fingerprint density at radius 3 is 1.05 bits per heavy atom. The first-order valence-corrected chi connectivity index (χ1v) is 20.0. The van der Waals surface area contributed by atoms with Crippen molar-refractivity contribution in [2.75, 3.05) is 26.4 Å². The molecule has 0 aliphatic heterocycles. The average molecular weight is 807 g/mol. The van der Waals surface area contributed by atoms with E-state index >= 15 is 0 Å². The van der Waals surface area contributed by atoms with E-state index in [1.807, 2.05) is 0 Å². The Balaban J connectivity index is 1.29. The highest BCUT2D eigenvalue weighted by Gasteiger charge is 2.18. The Morgan fingerprint density at radius 2 is 0.741 bits per heavy atom. The Hall–Kier alpha value is -5.52. The Labute approximate surface area is 340 Å². The monoisotopic (exact) mass is 806 g/mol. The molecule has 0 aromatic heterocycles. The van der Waals surface area contributed by atoms with E-state index in [4.69, 9.17) is 28.4 Å². The Bertz CT molecular complexity index is 1670. The van der Waals surface area contributed by atoms with Gasteiger partial charge < -0.3 is 28.4 Å². The molecule has 0 aliphatic carbocycles. The van der Waals surface area contributed by atoms with E-state index in [9.17, 15) is 28.0 Å². The number of rotatable bonds is 28. The molecule has 0 aliphatic rings. The molecule has 0 saturated carbocycles. The summed E-state index contributed by atoms with van der Waals surface area (Å²) in [5, 5.41) is 0. The van der Waals surface area contributed by atoms with Gasteiger partial charge in [0.1, 0.15) is 34.6 Å². The van der Waals surface area contributed by atoms with Crippen LogP contribution in [0.25, 0.3) is 0 Å². The summed E-state index contributed by atoms with van der Waals surface area (Å²) < 4.78 is 61.6. The van der Waals surface area contributed by atoms with Crippen LogP contribution in [0.2, 0.25) is 0 Å². The van der Waals surface area contributed by atoms with Crippen molar-refractivity contribution in [1.29, 1.82) is 0 Å². The van der Waals surface area contributed by atoms with Gasteiger partial charge in [0, 0.05) is 23.3 Å². The molecule has 0 amide bonds. The fourth-order valence-corrected chi connectivity index (χ4v) is 5.53. The number of benzene rings is 3. The number of halogens is 2. The molecular formula is C46H56F2O10. The van der Waals surface area contributed by atoms with E-state index in [-0.39, 0.29) is 34.6 Å². The van der Waals surface area contributed by atoms with Gasteiger partial charge in [0.25, 0.3) is 0 Å². The minimum absolute atomic E-state index is 0.0854. The molecule has 3 aromatic rings. The van der Waals surface area contributed by atoms with Crippen molar-refractivity contribution < 1.29 is 56.4 Å². The molecule has 3 rings (SSSR count). The van der Waals surface area contributed by atoms with Crippen LogP contribution in [0, 0.1) is 11.6 Å². The maximum absolute atomic E-state index is 14.8. The van der Waals surface area contributed by atoms with Crippen molar-refractivity contribution in [3.63, 3.8) is 0 Å². The second-order valence-electron chi connectivity index (χ2n) is 14.0. The van der Waals surface area contributed by atoms with E-state index in [2.05, 4.69) is 13.2 Å². The van der Waals surface area contributed by atoms with Crippen molar-refractivity contribution in [2.24, 2.45) is 0 Å². The zero-order valence-corrected chi connectivity index (χ0v) is 33.8. The number of carbonyl (C=O) groups is 4. The third-order valence-corrected chi connectivity index (χ3v) is 8.84. The number of carbonyl (C=O) groups excluding carboxylic acids is 4. The summed E-state index contributed by atoms with van der Waals surface area (Å²) in [5.41, 5.74) is 0.255. The lowest BCUT2D eigenvalue weighted by Crippen LogP contribution is -2.12. The molecule has 0 radical (unpaired) electrons. The van der Waals surface area contributed by atoms with Gasteiger partial charge in [-0.3, -0.25) is 0 Å². The SMILES string of the molecule is C=C(C)C(=O)OCCCCCCCCCOc1ccc(C(=O)Oc2ccc(OC(=O)c3ccc(OCCCCCCCCCOC(=O)C(=C)C)cc3F)cc2)c(F)c1. The molecule has 314 valence electrons. The highest BCUT2D eigenvalue weighted by molar-refractivity contribution is 5.92. The Morgan fingerprint density at radius 1 is 0.448 bits per heavy atom. The molecule has 0 spiro atoms. The van der Waals surface area contributed by atoms with Crippen LogP contribution in [0.4, 0.5) is 8.78 Å². The minimum atomic E-state index is -0.917. The van der Waals surface area contributed by atoms with E-state index in [1.165, 1.54) is 48.5 Å². The maximum atomic E-state index is 14.8. The van der Waals surface area contributed by atoms with Crippen LogP contribution in [-0.4, -0.2) is 50.3 Å². The third kappa shape index (κ3) is 18.2. The summed E-state index contributed by atoms with van der Waals surface area (Å²) in [6.07, 6.45) is 13.4. The second-order valence-corrected chi connectivity index (χ2v) is 14.0. The minimum Gasteiger partial charge on any atom is -0.493 e. The lowest BCUT2D eigenvalue weighted by atomic mass is 10.1. The number of esters is 4. The summed E-state index contributed by atoms with van der Waals surface area (Å²) >= 11 is 0. The van der Waals surface area contributed by atoms with Gasteiger partial charge in [-0.25, -0.2) is 28.0 Å². The van der Waals surface area contributed by atoms with Gasteiger partial charge in [0.05, 0.1) is 37.6 Å². The summed E-state index contributed by atoms with van der Waals surface area (Å²) in [6.45, 7) is 12.0. The van der Waals surface area contributed by atoms with Crippen LogP contribution in [0.15, 0.2) is 85.0 Å². The molecule has 58 heavy (non-hydrogen) atoms. The molecule has 0 fully saturated rings. The number of hydrogen-bond acceptors (Lipinski definition) is 10. The van der Waals surface area contributed by atoms with Gasteiger partial charge in [0.2, 0.25) is 0 Å². The van der Waals surface area contributed by atoms with Crippen LogP contribution in [0.3, 0.4) is 0 Å². The predicted molar refractivity (Wildman–Crippen MR) is 216 cm³/mol. The first-order valence-electron chi connectivity index (χ1n) is 20.0. The second kappa shape index (κ2) is 26.4. The van der Waals surface area contributed by atoms with Gasteiger partial charge in [-0.05, 0) is 88.1 Å². The lowest BCUT2D eigenvalue weighted by Gasteiger charge is -2.10. The lowest BCUT2D eigenvalue weighted by molar-refractivity contribution is -0.139. The van der Waals surface area contributed by atoms with Crippen molar-refractivity contribution in [2.45, 2.75) is 104 Å². The van der Waals surface area contributed by atoms with Crippen LogP contribution in [-0.2, 0) is 19.1 Å². The summed E-state index contributed by atoms with van der Waals surface area (Å²) in [5.74, 6) is -3.35. The topological polar surface area (TPSA) is 124 Å². The zero-order chi connectivity index (χ0) is 42.1. The van der Waals surface area contributed by atoms with E-state index < -0.39 is 23.6 Å².